The maximum atomic E-state index is 12.4. The van der Waals surface area contributed by atoms with Crippen molar-refractivity contribution in [2.45, 2.75) is 26.4 Å². The van der Waals surface area contributed by atoms with Crippen molar-refractivity contribution in [3.8, 4) is 0 Å². The summed E-state index contributed by atoms with van der Waals surface area (Å²) in [7, 11) is 2.03. The van der Waals surface area contributed by atoms with Gasteiger partial charge in [-0.15, -0.1) is 0 Å². The number of benzene rings is 2. The predicted octanol–water partition coefficient (Wildman–Crippen LogP) is 2.69. The molecule has 116 valence electrons. The number of likely N-dealkylation sites (N-methyl/N-ethyl adjacent to an activating group) is 1. The van der Waals surface area contributed by atoms with Gasteiger partial charge in [0, 0.05) is 16.3 Å². The number of amides is 1. The summed E-state index contributed by atoms with van der Waals surface area (Å²) in [5, 5.41) is 3.60. The van der Waals surface area contributed by atoms with Gasteiger partial charge in [-0.25, -0.2) is 0 Å². The molecule has 0 aliphatic rings. The van der Waals surface area contributed by atoms with E-state index in [4.69, 9.17) is 11.6 Å². The summed E-state index contributed by atoms with van der Waals surface area (Å²) >= 11 is 5.99. The van der Waals surface area contributed by atoms with Crippen LogP contribution in [0.1, 0.15) is 18.1 Å². The molecule has 2 aromatic carbocycles. The van der Waals surface area contributed by atoms with Crippen LogP contribution in [0.2, 0.25) is 5.02 Å². The van der Waals surface area contributed by atoms with Gasteiger partial charge >= 0.3 is 0 Å². The number of nitrogens with one attached hydrogen (secondary N) is 2. The van der Waals surface area contributed by atoms with E-state index in [0.717, 1.165) is 22.7 Å². The Bertz CT molecular complexity index is 643. The third-order valence-electron chi connectivity index (χ3n) is 3.92. The van der Waals surface area contributed by atoms with Gasteiger partial charge in [0.1, 0.15) is 6.54 Å². The van der Waals surface area contributed by atoms with Crippen molar-refractivity contribution in [1.82, 2.24) is 0 Å². The highest BCUT2D eigenvalue weighted by atomic mass is 35.5. The minimum absolute atomic E-state index is 0.00111. The lowest BCUT2D eigenvalue weighted by Gasteiger charge is -2.21. The van der Waals surface area contributed by atoms with Crippen molar-refractivity contribution < 1.29 is 9.69 Å². The van der Waals surface area contributed by atoms with Gasteiger partial charge in [-0.1, -0.05) is 48.0 Å². The Morgan fingerprint density at radius 2 is 1.91 bits per heavy atom. The van der Waals surface area contributed by atoms with Crippen LogP contribution >= 0.6 is 11.6 Å². The molecule has 0 fully saturated rings. The SMILES string of the molecule is Cc1ccc(Cl)cc1NC(=O)[C@H](C)[NH+](C)Cc1ccccc1. The molecule has 3 nitrogen and oxygen atoms in total. The largest absolute Gasteiger partial charge is 0.324 e. The first-order valence-corrected chi connectivity index (χ1v) is 7.78. The average Bonchev–Trinajstić information content (AvgIpc) is 2.51. The molecule has 0 aromatic heterocycles. The smallest absolute Gasteiger partial charge is 0.282 e. The standard InChI is InChI=1S/C18H21ClN2O/c1-13-9-10-16(19)11-17(13)20-18(22)14(2)21(3)12-15-7-5-4-6-8-15/h4-11,14H,12H2,1-3H3,(H,20,22)/p+1/t14-/m0/s1. The van der Waals surface area contributed by atoms with E-state index in [-0.39, 0.29) is 11.9 Å². The summed E-state index contributed by atoms with van der Waals surface area (Å²) in [5.74, 6) is -0.00111. The number of carbonyl (C=O) groups is 1. The van der Waals surface area contributed by atoms with Crippen LogP contribution in [0.3, 0.4) is 0 Å². The highest BCUT2D eigenvalue weighted by molar-refractivity contribution is 6.31. The van der Waals surface area contributed by atoms with Crippen LogP contribution in [0.25, 0.3) is 0 Å². The minimum Gasteiger partial charge on any atom is -0.324 e. The first-order valence-electron chi connectivity index (χ1n) is 7.40. The van der Waals surface area contributed by atoms with E-state index in [9.17, 15) is 4.79 Å². The molecule has 2 aromatic rings. The molecule has 2 N–H and O–H groups in total. The second-order valence-corrected chi connectivity index (χ2v) is 6.12. The Morgan fingerprint density at radius 3 is 2.59 bits per heavy atom. The maximum absolute atomic E-state index is 12.4. The Morgan fingerprint density at radius 1 is 1.23 bits per heavy atom. The van der Waals surface area contributed by atoms with Gasteiger partial charge in [-0.2, -0.15) is 0 Å². The number of anilines is 1. The van der Waals surface area contributed by atoms with Crippen molar-refractivity contribution in [3.05, 3.63) is 64.7 Å². The zero-order valence-corrected chi connectivity index (χ0v) is 13.9. The molecule has 22 heavy (non-hydrogen) atoms. The molecule has 1 unspecified atom stereocenters. The van der Waals surface area contributed by atoms with Gasteiger partial charge in [0.2, 0.25) is 0 Å². The number of halogens is 1. The number of rotatable bonds is 5. The lowest BCUT2D eigenvalue weighted by molar-refractivity contribution is -0.907. The first-order chi connectivity index (χ1) is 10.5. The van der Waals surface area contributed by atoms with Gasteiger partial charge < -0.3 is 10.2 Å². The zero-order valence-electron chi connectivity index (χ0n) is 13.2. The summed E-state index contributed by atoms with van der Waals surface area (Å²) in [5.41, 5.74) is 3.00. The first kappa shape index (κ1) is 16.5. The predicted molar refractivity (Wildman–Crippen MR) is 91.3 cm³/mol. The lowest BCUT2D eigenvalue weighted by Crippen LogP contribution is -3.12. The molecule has 0 aliphatic heterocycles. The summed E-state index contributed by atoms with van der Waals surface area (Å²) in [6, 6.07) is 15.5. The normalized spacial score (nSPS) is 13.5. The molecular weight excluding hydrogens is 296 g/mol. The van der Waals surface area contributed by atoms with Crippen molar-refractivity contribution in [2.24, 2.45) is 0 Å². The van der Waals surface area contributed by atoms with Gasteiger partial charge in [0.05, 0.1) is 7.05 Å². The lowest BCUT2D eigenvalue weighted by atomic mass is 10.1. The van der Waals surface area contributed by atoms with E-state index in [1.54, 1.807) is 6.07 Å². The van der Waals surface area contributed by atoms with E-state index < -0.39 is 0 Å². The molecular formula is C18H22ClN2O+. The Balaban J connectivity index is 2.01. The monoisotopic (exact) mass is 317 g/mol. The molecule has 4 heteroatoms. The van der Waals surface area contributed by atoms with E-state index in [0.29, 0.717) is 5.02 Å². The van der Waals surface area contributed by atoms with Crippen LogP contribution in [0.5, 0.6) is 0 Å². The molecule has 0 aliphatic carbocycles. The fourth-order valence-corrected chi connectivity index (χ4v) is 2.44. The Labute approximate surface area is 136 Å². The molecule has 0 radical (unpaired) electrons. The minimum atomic E-state index is -0.154. The van der Waals surface area contributed by atoms with Crippen molar-refractivity contribution in [2.75, 3.05) is 12.4 Å². The van der Waals surface area contributed by atoms with Crippen molar-refractivity contribution in [3.63, 3.8) is 0 Å². The number of carbonyl (C=O) groups excluding carboxylic acids is 1. The molecule has 0 saturated heterocycles. The maximum Gasteiger partial charge on any atom is 0.282 e. The van der Waals surface area contributed by atoms with Gasteiger partial charge in [-0.3, -0.25) is 4.79 Å². The van der Waals surface area contributed by atoms with E-state index in [2.05, 4.69) is 17.4 Å². The van der Waals surface area contributed by atoms with Crippen molar-refractivity contribution in [1.29, 1.82) is 0 Å². The zero-order chi connectivity index (χ0) is 16.1. The summed E-state index contributed by atoms with van der Waals surface area (Å²) in [6.45, 7) is 4.70. The fourth-order valence-electron chi connectivity index (χ4n) is 2.26. The molecule has 2 rings (SSSR count). The Hall–Kier alpha value is -1.84. The summed E-state index contributed by atoms with van der Waals surface area (Å²) < 4.78 is 0. The van der Waals surface area contributed by atoms with Crippen LogP contribution in [0.4, 0.5) is 5.69 Å². The van der Waals surface area contributed by atoms with Crippen molar-refractivity contribution >= 4 is 23.2 Å². The third-order valence-corrected chi connectivity index (χ3v) is 4.15. The molecule has 0 saturated carbocycles. The second kappa shape index (κ2) is 7.43. The van der Waals surface area contributed by atoms with Crippen LogP contribution < -0.4 is 10.2 Å². The second-order valence-electron chi connectivity index (χ2n) is 5.68. The number of hydrogen-bond acceptors (Lipinski definition) is 1. The number of hydrogen-bond donors (Lipinski definition) is 2. The fraction of sp³-hybridized carbons (Fsp3) is 0.278. The van der Waals surface area contributed by atoms with Gasteiger partial charge in [0.25, 0.3) is 5.91 Å². The van der Waals surface area contributed by atoms with E-state index in [1.807, 2.05) is 51.2 Å². The quantitative estimate of drug-likeness (QED) is 0.873. The number of quaternary nitrogens is 1. The highest BCUT2D eigenvalue weighted by Gasteiger charge is 2.22. The average molecular weight is 318 g/mol. The molecule has 2 atom stereocenters. The summed E-state index contributed by atoms with van der Waals surface area (Å²) in [4.78, 5) is 13.6. The third kappa shape index (κ3) is 4.33. The Kier molecular flexibility index (Phi) is 5.58. The summed E-state index contributed by atoms with van der Waals surface area (Å²) in [6.07, 6.45) is 0. The van der Waals surface area contributed by atoms with Gasteiger partial charge in [0.15, 0.2) is 6.04 Å². The van der Waals surface area contributed by atoms with Crippen LogP contribution in [-0.2, 0) is 11.3 Å². The van der Waals surface area contributed by atoms with E-state index in [1.165, 1.54) is 5.56 Å². The molecule has 0 spiro atoms. The van der Waals surface area contributed by atoms with Gasteiger partial charge in [-0.05, 0) is 31.5 Å². The molecule has 1 amide bonds. The molecule has 0 heterocycles. The highest BCUT2D eigenvalue weighted by Crippen LogP contribution is 2.20. The topological polar surface area (TPSA) is 33.5 Å². The molecule has 0 bridgehead atoms. The van der Waals surface area contributed by atoms with Crippen LogP contribution in [0.15, 0.2) is 48.5 Å². The van der Waals surface area contributed by atoms with Crippen LogP contribution in [0, 0.1) is 6.92 Å². The van der Waals surface area contributed by atoms with Crippen LogP contribution in [-0.4, -0.2) is 19.0 Å². The number of aryl methyl sites for hydroxylation is 1. The van der Waals surface area contributed by atoms with E-state index >= 15 is 0 Å².